The number of ether oxygens (including phenoxy) is 3. The molecular weight excluding hydrogens is 426 g/mol. The Kier molecular flexibility index (Phi) is 6.39. The van der Waals surface area contributed by atoms with E-state index in [1.54, 1.807) is 49.9 Å². The van der Waals surface area contributed by atoms with E-state index in [4.69, 9.17) is 18.6 Å². The van der Waals surface area contributed by atoms with Gasteiger partial charge in [0, 0.05) is 44.6 Å². The molecule has 0 spiro atoms. The minimum atomic E-state index is -0.433. The van der Waals surface area contributed by atoms with E-state index >= 15 is 0 Å². The molecule has 1 amide bonds. The molecule has 0 aliphatic carbocycles. The van der Waals surface area contributed by atoms with Gasteiger partial charge in [0.05, 0.1) is 26.0 Å². The summed E-state index contributed by atoms with van der Waals surface area (Å²) in [6, 6.07) is 10.3. The maximum Gasteiger partial charge on any atom is 0.339 e. The summed E-state index contributed by atoms with van der Waals surface area (Å²) in [6.07, 6.45) is 1.26. The van der Waals surface area contributed by atoms with Gasteiger partial charge in [0.2, 0.25) is 0 Å². The molecule has 0 N–H and O–H groups in total. The summed E-state index contributed by atoms with van der Waals surface area (Å²) in [4.78, 5) is 26.6. The van der Waals surface area contributed by atoms with Crippen LogP contribution in [0.5, 0.6) is 17.2 Å². The zero-order valence-corrected chi connectivity index (χ0v) is 19.2. The van der Waals surface area contributed by atoms with Crippen LogP contribution in [0.4, 0.5) is 0 Å². The zero-order chi connectivity index (χ0) is 23.5. The first-order valence-corrected chi connectivity index (χ1v) is 10.7. The zero-order valence-electron chi connectivity index (χ0n) is 19.2. The Hall–Kier alpha value is -3.75. The van der Waals surface area contributed by atoms with E-state index in [0.29, 0.717) is 60.3 Å². The number of piperidine rings is 1. The van der Waals surface area contributed by atoms with Crippen LogP contribution in [0.3, 0.4) is 0 Å². The summed E-state index contributed by atoms with van der Waals surface area (Å²) in [5, 5.41) is 4.54. The quantitative estimate of drug-likeness (QED) is 0.566. The molecule has 3 heterocycles. The van der Waals surface area contributed by atoms with Gasteiger partial charge in [0.15, 0.2) is 0 Å². The highest BCUT2D eigenvalue weighted by atomic mass is 16.5. The number of hydrogen-bond donors (Lipinski definition) is 0. The Morgan fingerprint density at radius 2 is 1.82 bits per heavy atom. The molecule has 1 aliphatic rings. The summed E-state index contributed by atoms with van der Waals surface area (Å²) in [6.45, 7) is 2.80. The van der Waals surface area contributed by atoms with Crippen molar-refractivity contribution in [2.24, 2.45) is 7.05 Å². The third-order valence-electron chi connectivity index (χ3n) is 5.68. The molecule has 2 aromatic heterocycles. The van der Waals surface area contributed by atoms with Crippen molar-refractivity contribution in [1.29, 1.82) is 0 Å². The molecule has 1 saturated heterocycles. The van der Waals surface area contributed by atoms with Crippen LogP contribution in [-0.4, -0.2) is 54.0 Å². The fourth-order valence-corrected chi connectivity index (χ4v) is 3.99. The van der Waals surface area contributed by atoms with Gasteiger partial charge in [-0.1, -0.05) is 0 Å². The van der Waals surface area contributed by atoms with Gasteiger partial charge in [0.1, 0.15) is 34.8 Å². The van der Waals surface area contributed by atoms with Gasteiger partial charge in [-0.15, -0.1) is 0 Å². The van der Waals surface area contributed by atoms with Gasteiger partial charge < -0.3 is 23.5 Å². The summed E-state index contributed by atoms with van der Waals surface area (Å²) >= 11 is 0. The van der Waals surface area contributed by atoms with Gasteiger partial charge in [-0.25, -0.2) is 4.79 Å². The first-order chi connectivity index (χ1) is 15.9. The molecular formula is C24H27N3O6. The van der Waals surface area contributed by atoms with Crippen molar-refractivity contribution in [3.05, 3.63) is 58.3 Å². The molecule has 1 aromatic carbocycles. The average molecular weight is 453 g/mol. The highest BCUT2D eigenvalue weighted by molar-refractivity contribution is 5.94. The van der Waals surface area contributed by atoms with E-state index in [2.05, 4.69) is 5.10 Å². The van der Waals surface area contributed by atoms with E-state index < -0.39 is 5.63 Å². The molecule has 1 aliphatic heterocycles. The molecule has 0 unspecified atom stereocenters. The van der Waals surface area contributed by atoms with Crippen LogP contribution in [0.1, 0.15) is 29.1 Å². The third-order valence-corrected chi connectivity index (χ3v) is 5.68. The number of benzene rings is 1. The van der Waals surface area contributed by atoms with E-state index in [0.717, 1.165) is 5.56 Å². The van der Waals surface area contributed by atoms with E-state index in [-0.39, 0.29) is 12.0 Å². The lowest BCUT2D eigenvalue weighted by Gasteiger charge is -2.32. The molecule has 9 heteroatoms. The van der Waals surface area contributed by atoms with Crippen LogP contribution in [0.15, 0.2) is 45.6 Å². The minimum Gasteiger partial charge on any atom is -0.497 e. The Morgan fingerprint density at radius 1 is 1.06 bits per heavy atom. The first-order valence-electron chi connectivity index (χ1n) is 10.7. The number of nitrogens with zero attached hydrogens (tertiary/aromatic N) is 3. The number of methoxy groups -OCH3 is 2. The van der Waals surface area contributed by atoms with Gasteiger partial charge in [0.25, 0.3) is 5.91 Å². The normalized spacial score (nSPS) is 14.2. The molecule has 174 valence electrons. The summed E-state index contributed by atoms with van der Waals surface area (Å²) in [7, 11) is 4.94. The van der Waals surface area contributed by atoms with Crippen molar-refractivity contribution < 1.29 is 23.4 Å². The number of carbonyl (C=O) groups is 1. The number of aromatic nitrogens is 2. The van der Waals surface area contributed by atoms with E-state index in [9.17, 15) is 9.59 Å². The van der Waals surface area contributed by atoms with E-state index in [1.165, 1.54) is 6.07 Å². The number of aryl methyl sites for hydroxylation is 2. The predicted molar refractivity (Wildman–Crippen MR) is 121 cm³/mol. The lowest BCUT2D eigenvalue weighted by atomic mass is 10.1. The number of rotatable bonds is 6. The van der Waals surface area contributed by atoms with Crippen molar-refractivity contribution in [2.45, 2.75) is 25.9 Å². The molecule has 0 bridgehead atoms. The Labute approximate surface area is 191 Å². The maximum atomic E-state index is 13.2. The largest absolute Gasteiger partial charge is 0.497 e. The molecule has 1 fully saturated rings. The van der Waals surface area contributed by atoms with Crippen LogP contribution in [0.25, 0.3) is 11.3 Å². The second-order valence-electron chi connectivity index (χ2n) is 7.94. The first kappa shape index (κ1) is 22.4. The Bertz CT molecular complexity index is 1210. The second-order valence-corrected chi connectivity index (χ2v) is 7.94. The third kappa shape index (κ3) is 4.87. The number of hydrogen-bond acceptors (Lipinski definition) is 7. The molecule has 0 atom stereocenters. The highest BCUT2D eigenvalue weighted by Crippen LogP contribution is 2.33. The standard InChI is InChI=1S/C24H27N3O6/c1-15-11-18(13-23(28)32-15)33-16-7-9-27(10-8-16)24(29)21-14-20(25-26(21)2)19-12-17(30-3)5-6-22(19)31-4/h5-6,11-14,16H,7-10H2,1-4H3. The van der Waals surface area contributed by atoms with Crippen LogP contribution in [0.2, 0.25) is 0 Å². The Morgan fingerprint density at radius 3 is 2.48 bits per heavy atom. The van der Waals surface area contributed by atoms with Crippen molar-refractivity contribution in [3.63, 3.8) is 0 Å². The topological polar surface area (TPSA) is 96.0 Å². The molecule has 9 nitrogen and oxygen atoms in total. The van der Waals surface area contributed by atoms with Crippen LogP contribution < -0.4 is 19.8 Å². The number of amides is 1. The minimum absolute atomic E-state index is 0.0709. The average Bonchev–Trinajstić information content (AvgIpc) is 3.19. The van der Waals surface area contributed by atoms with Gasteiger partial charge in [-0.3, -0.25) is 9.48 Å². The predicted octanol–water partition coefficient (Wildman–Crippen LogP) is 3.05. The number of likely N-dealkylation sites (tertiary alicyclic amines) is 1. The monoisotopic (exact) mass is 453 g/mol. The summed E-state index contributed by atoms with van der Waals surface area (Å²) < 4.78 is 23.3. The Balaban J connectivity index is 1.46. The number of carbonyl (C=O) groups excluding carboxylic acids is 1. The van der Waals surface area contributed by atoms with Crippen molar-refractivity contribution in [3.8, 4) is 28.5 Å². The molecule has 3 aromatic rings. The maximum absolute atomic E-state index is 13.2. The lowest BCUT2D eigenvalue weighted by Crippen LogP contribution is -2.42. The second kappa shape index (κ2) is 9.40. The van der Waals surface area contributed by atoms with Crippen molar-refractivity contribution >= 4 is 5.91 Å². The van der Waals surface area contributed by atoms with Crippen molar-refractivity contribution in [2.75, 3.05) is 27.3 Å². The van der Waals surface area contributed by atoms with Gasteiger partial charge >= 0.3 is 5.63 Å². The summed E-state index contributed by atoms with van der Waals surface area (Å²) in [5.41, 5.74) is 1.44. The smallest absolute Gasteiger partial charge is 0.339 e. The molecule has 0 saturated carbocycles. The van der Waals surface area contributed by atoms with Crippen LogP contribution in [0, 0.1) is 6.92 Å². The van der Waals surface area contributed by atoms with Gasteiger partial charge in [-0.2, -0.15) is 5.10 Å². The van der Waals surface area contributed by atoms with E-state index in [1.807, 2.05) is 18.2 Å². The van der Waals surface area contributed by atoms with Crippen molar-refractivity contribution in [1.82, 2.24) is 14.7 Å². The summed E-state index contributed by atoms with van der Waals surface area (Å²) in [5.74, 6) is 2.24. The fraction of sp³-hybridized carbons (Fsp3) is 0.375. The lowest BCUT2D eigenvalue weighted by molar-refractivity contribution is 0.0584. The van der Waals surface area contributed by atoms with Gasteiger partial charge in [-0.05, 0) is 31.2 Å². The van der Waals surface area contributed by atoms with Crippen LogP contribution in [-0.2, 0) is 7.05 Å². The highest BCUT2D eigenvalue weighted by Gasteiger charge is 2.27. The molecule has 33 heavy (non-hydrogen) atoms. The SMILES string of the molecule is COc1ccc(OC)c(-c2cc(C(=O)N3CCC(Oc4cc(C)oc(=O)c4)CC3)n(C)n2)c1. The fourth-order valence-electron chi connectivity index (χ4n) is 3.99. The molecule has 0 radical (unpaired) electrons. The molecule has 4 rings (SSSR count). The van der Waals surface area contributed by atoms with Crippen LogP contribution >= 0.6 is 0 Å².